The van der Waals surface area contributed by atoms with E-state index in [1.807, 2.05) is 6.92 Å². The maximum atomic E-state index is 12.3. The Balaban J connectivity index is 0.00000208. The number of ether oxygens (including phenoxy) is 1. The van der Waals surface area contributed by atoms with Crippen molar-refractivity contribution in [3.05, 3.63) is 0 Å². The van der Waals surface area contributed by atoms with Gasteiger partial charge in [-0.2, -0.15) is 0 Å². The molecular weight excluding hydrogens is 328 g/mol. The summed E-state index contributed by atoms with van der Waals surface area (Å²) in [5.74, 6) is 0.714. The minimum absolute atomic E-state index is 0. The molecule has 5 nitrogen and oxygen atoms in total. The lowest BCUT2D eigenvalue weighted by Gasteiger charge is -2.31. The zero-order valence-corrected chi connectivity index (χ0v) is 15.4. The maximum absolute atomic E-state index is 12.3. The highest BCUT2D eigenvalue weighted by molar-refractivity contribution is 5.85. The van der Waals surface area contributed by atoms with Crippen LogP contribution in [0.5, 0.6) is 0 Å². The summed E-state index contributed by atoms with van der Waals surface area (Å²) in [7, 11) is 0. The highest BCUT2D eigenvalue weighted by Crippen LogP contribution is 2.33. The van der Waals surface area contributed by atoms with Crippen LogP contribution in [-0.2, 0) is 14.3 Å². The summed E-state index contributed by atoms with van der Waals surface area (Å²) in [4.78, 5) is 24.0. The Morgan fingerprint density at radius 2 is 1.67 bits per heavy atom. The van der Waals surface area contributed by atoms with Gasteiger partial charge in [-0.15, -0.1) is 12.4 Å². The zero-order valence-electron chi connectivity index (χ0n) is 14.6. The molecule has 2 aliphatic heterocycles. The summed E-state index contributed by atoms with van der Waals surface area (Å²) in [5.41, 5.74) is 0. The molecule has 6 heteroatoms. The van der Waals surface area contributed by atoms with Crippen molar-refractivity contribution in [2.24, 2.45) is 11.8 Å². The molecule has 2 bridgehead atoms. The summed E-state index contributed by atoms with van der Waals surface area (Å²) in [6, 6.07) is 1.53. The fraction of sp³-hybridized carbons (Fsp3) is 0.889. The molecule has 2 saturated heterocycles. The standard InChI is InChI=1S/C18H30N2O3.ClH/c1-2-23-18(22)13-3-5-14(6-4-13)20-17(21)11-12-9-15-7-8-16(10-12)19-15;/h12-16,19H,2-11H2,1H3,(H,20,21);1H. The fourth-order valence-corrected chi connectivity index (χ4v) is 4.62. The second-order valence-corrected chi connectivity index (χ2v) is 7.55. The van der Waals surface area contributed by atoms with E-state index in [0.717, 1.165) is 38.5 Å². The average molecular weight is 359 g/mol. The van der Waals surface area contributed by atoms with Crippen molar-refractivity contribution in [2.75, 3.05) is 6.61 Å². The molecule has 1 amide bonds. The first-order valence-electron chi connectivity index (χ1n) is 9.36. The van der Waals surface area contributed by atoms with Gasteiger partial charge in [0.1, 0.15) is 0 Å². The van der Waals surface area contributed by atoms with E-state index in [0.29, 0.717) is 31.0 Å². The normalized spacial score (nSPS) is 35.0. The van der Waals surface area contributed by atoms with Gasteiger partial charge in [0.25, 0.3) is 0 Å². The van der Waals surface area contributed by atoms with Gasteiger partial charge in [-0.3, -0.25) is 9.59 Å². The zero-order chi connectivity index (χ0) is 16.2. The van der Waals surface area contributed by atoms with Crippen molar-refractivity contribution in [2.45, 2.75) is 82.8 Å². The smallest absolute Gasteiger partial charge is 0.308 e. The molecule has 138 valence electrons. The lowest BCUT2D eigenvalue weighted by molar-refractivity contribution is -0.149. The van der Waals surface area contributed by atoms with Crippen LogP contribution in [0.1, 0.15) is 64.7 Å². The maximum Gasteiger partial charge on any atom is 0.308 e. The molecule has 3 aliphatic rings. The molecular formula is C18H31ClN2O3. The Labute approximate surface area is 151 Å². The van der Waals surface area contributed by atoms with Crippen LogP contribution in [0.25, 0.3) is 0 Å². The topological polar surface area (TPSA) is 67.4 Å². The van der Waals surface area contributed by atoms with E-state index in [1.54, 1.807) is 0 Å². The van der Waals surface area contributed by atoms with E-state index in [-0.39, 0.29) is 36.2 Å². The van der Waals surface area contributed by atoms with Crippen molar-refractivity contribution in [3.63, 3.8) is 0 Å². The number of amides is 1. The number of piperidine rings is 1. The molecule has 0 aromatic rings. The second-order valence-electron chi connectivity index (χ2n) is 7.55. The van der Waals surface area contributed by atoms with Crippen LogP contribution in [0.4, 0.5) is 0 Å². The van der Waals surface area contributed by atoms with Crippen molar-refractivity contribution in [1.29, 1.82) is 0 Å². The van der Waals surface area contributed by atoms with Gasteiger partial charge in [0.05, 0.1) is 12.5 Å². The van der Waals surface area contributed by atoms with Gasteiger partial charge in [0.2, 0.25) is 5.91 Å². The predicted octanol–water partition coefficient (Wildman–Crippen LogP) is 2.57. The van der Waals surface area contributed by atoms with Crippen LogP contribution < -0.4 is 10.6 Å². The van der Waals surface area contributed by atoms with Gasteiger partial charge in [-0.05, 0) is 64.2 Å². The fourth-order valence-electron chi connectivity index (χ4n) is 4.62. The number of hydrogen-bond donors (Lipinski definition) is 2. The van der Waals surface area contributed by atoms with Crippen LogP contribution in [0, 0.1) is 11.8 Å². The Morgan fingerprint density at radius 3 is 2.25 bits per heavy atom. The number of esters is 1. The minimum atomic E-state index is -0.0672. The summed E-state index contributed by atoms with van der Waals surface area (Å²) in [6.07, 6.45) is 8.99. The number of fused-ring (bicyclic) bond motifs is 2. The average Bonchev–Trinajstić information content (AvgIpc) is 2.87. The molecule has 2 atom stereocenters. The third-order valence-corrected chi connectivity index (χ3v) is 5.76. The molecule has 2 N–H and O–H groups in total. The Hall–Kier alpha value is -0.810. The van der Waals surface area contributed by atoms with E-state index < -0.39 is 0 Å². The molecule has 0 aromatic carbocycles. The molecule has 0 aromatic heterocycles. The summed E-state index contributed by atoms with van der Waals surface area (Å²) in [6.45, 7) is 2.30. The number of halogens is 1. The number of carbonyl (C=O) groups excluding carboxylic acids is 2. The van der Waals surface area contributed by atoms with Crippen molar-refractivity contribution < 1.29 is 14.3 Å². The Kier molecular flexibility index (Phi) is 7.35. The highest BCUT2D eigenvalue weighted by atomic mass is 35.5. The first-order valence-corrected chi connectivity index (χ1v) is 9.36. The first kappa shape index (κ1) is 19.5. The van der Waals surface area contributed by atoms with Crippen molar-refractivity contribution >= 4 is 24.3 Å². The Bertz CT molecular complexity index is 426. The molecule has 3 fully saturated rings. The van der Waals surface area contributed by atoms with Crippen molar-refractivity contribution in [1.82, 2.24) is 10.6 Å². The van der Waals surface area contributed by atoms with Crippen LogP contribution in [0.3, 0.4) is 0 Å². The Morgan fingerprint density at radius 1 is 1.04 bits per heavy atom. The monoisotopic (exact) mass is 358 g/mol. The SMILES string of the molecule is CCOC(=O)C1CCC(NC(=O)CC2CC3CCC(C2)N3)CC1.Cl. The van der Waals surface area contributed by atoms with Crippen LogP contribution in [0.15, 0.2) is 0 Å². The molecule has 2 unspecified atom stereocenters. The van der Waals surface area contributed by atoms with Gasteiger partial charge in [0.15, 0.2) is 0 Å². The minimum Gasteiger partial charge on any atom is -0.466 e. The molecule has 3 rings (SSSR count). The van der Waals surface area contributed by atoms with Crippen molar-refractivity contribution in [3.8, 4) is 0 Å². The quantitative estimate of drug-likeness (QED) is 0.741. The molecule has 0 spiro atoms. The lowest BCUT2D eigenvalue weighted by atomic mass is 9.85. The second kappa shape index (κ2) is 9.04. The van der Waals surface area contributed by atoms with E-state index in [4.69, 9.17) is 4.74 Å². The van der Waals surface area contributed by atoms with E-state index in [2.05, 4.69) is 10.6 Å². The summed E-state index contributed by atoms with van der Waals surface area (Å²) >= 11 is 0. The van der Waals surface area contributed by atoms with E-state index in [9.17, 15) is 9.59 Å². The number of hydrogen-bond acceptors (Lipinski definition) is 4. The third kappa shape index (κ3) is 5.09. The first-order chi connectivity index (χ1) is 11.1. The van der Waals surface area contributed by atoms with Gasteiger partial charge < -0.3 is 15.4 Å². The van der Waals surface area contributed by atoms with Crippen LogP contribution in [0.2, 0.25) is 0 Å². The lowest BCUT2D eigenvalue weighted by Crippen LogP contribution is -2.42. The van der Waals surface area contributed by atoms with Gasteiger partial charge in [-0.1, -0.05) is 0 Å². The highest BCUT2D eigenvalue weighted by Gasteiger charge is 2.34. The summed E-state index contributed by atoms with van der Waals surface area (Å²) in [5, 5.41) is 6.82. The molecule has 1 aliphatic carbocycles. The third-order valence-electron chi connectivity index (χ3n) is 5.76. The molecule has 1 saturated carbocycles. The molecule has 2 heterocycles. The summed E-state index contributed by atoms with van der Waals surface area (Å²) < 4.78 is 5.09. The number of rotatable bonds is 5. The van der Waals surface area contributed by atoms with E-state index in [1.165, 1.54) is 12.8 Å². The van der Waals surface area contributed by atoms with E-state index >= 15 is 0 Å². The van der Waals surface area contributed by atoms with Gasteiger partial charge in [-0.25, -0.2) is 0 Å². The number of nitrogens with one attached hydrogen (secondary N) is 2. The molecule has 0 radical (unpaired) electrons. The van der Waals surface area contributed by atoms with Gasteiger partial charge >= 0.3 is 5.97 Å². The predicted molar refractivity (Wildman–Crippen MR) is 95.1 cm³/mol. The van der Waals surface area contributed by atoms with Crippen LogP contribution >= 0.6 is 12.4 Å². The largest absolute Gasteiger partial charge is 0.466 e. The van der Waals surface area contributed by atoms with Gasteiger partial charge in [0, 0.05) is 24.5 Å². The molecule has 24 heavy (non-hydrogen) atoms. The number of carbonyl (C=O) groups is 2. The van der Waals surface area contributed by atoms with Crippen LogP contribution in [-0.4, -0.2) is 36.6 Å².